The summed E-state index contributed by atoms with van der Waals surface area (Å²) < 4.78 is 13.2. The molecule has 2 heterocycles. The number of hydrogen-bond donors (Lipinski definition) is 2. The number of thiazole rings is 1. The highest BCUT2D eigenvalue weighted by molar-refractivity contribution is 7.15. The van der Waals surface area contributed by atoms with Crippen LogP contribution < -0.4 is 10.9 Å². The Labute approximate surface area is 145 Å². The summed E-state index contributed by atoms with van der Waals surface area (Å²) in [7, 11) is 0. The van der Waals surface area contributed by atoms with Crippen molar-refractivity contribution in [2.75, 3.05) is 18.3 Å². The minimum atomic E-state index is -0.282. The molecule has 0 spiro atoms. The molecule has 0 aliphatic carbocycles. The number of nitrogens with two attached hydrogens (primary N) is 1. The van der Waals surface area contributed by atoms with Gasteiger partial charge < -0.3 is 5.73 Å². The Hall–Kier alpha value is -1.54. The van der Waals surface area contributed by atoms with Gasteiger partial charge in [0.2, 0.25) is 0 Å². The zero-order valence-corrected chi connectivity index (χ0v) is 14.8. The van der Waals surface area contributed by atoms with E-state index in [0.717, 1.165) is 40.0 Å². The van der Waals surface area contributed by atoms with Crippen LogP contribution in [0.1, 0.15) is 24.8 Å². The van der Waals surface area contributed by atoms with Gasteiger partial charge >= 0.3 is 0 Å². The predicted octanol–water partition coefficient (Wildman–Crippen LogP) is 3.43. The van der Waals surface area contributed by atoms with E-state index in [0.29, 0.717) is 18.3 Å². The number of anilines is 1. The van der Waals surface area contributed by atoms with Crippen LogP contribution in [0.3, 0.4) is 0 Å². The maximum atomic E-state index is 13.2. The van der Waals surface area contributed by atoms with Crippen molar-refractivity contribution >= 4 is 17.2 Å². The van der Waals surface area contributed by atoms with Crippen molar-refractivity contribution in [2.24, 2.45) is 11.7 Å². The third-order valence-electron chi connectivity index (χ3n) is 4.58. The zero-order chi connectivity index (χ0) is 17.3. The number of aryl methyl sites for hydroxylation is 1. The topological polar surface area (TPSA) is 65.6 Å². The minimum Gasteiger partial charge on any atom is -0.329 e. The summed E-state index contributed by atoms with van der Waals surface area (Å²) in [4.78, 5) is 5.32. The fraction of sp³-hybridized carbons (Fsp3) is 0.471. The van der Waals surface area contributed by atoms with Crippen LogP contribution in [-0.2, 0) is 0 Å². The van der Waals surface area contributed by atoms with Crippen molar-refractivity contribution in [1.82, 2.24) is 9.99 Å². The first-order valence-electron chi connectivity index (χ1n) is 8.20. The predicted molar refractivity (Wildman–Crippen MR) is 94.5 cm³/mol. The third-order valence-corrected chi connectivity index (χ3v) is 5.59. The molecule has 1 aliphatic heterocycles. The Morgan fingerprint density at radius 2 is 2.12 bits per heavy atom. The highest BCUT2D eigenvalue weighted by atomic mass is 32.1. The van der Waals surface area contributed by atoms with Gasteiger partial charge in [0.05, 0.1) is 9.88 Å². The Morgan fingerprint density at radius 1 is 1.42 bits per heavy atom. The van der Waals surface area contributed by atoms with E-state index in [1.807, 2.05) is 11.9 Å². The van der Waals surface area contributed by atoms with Crippen molar-refractivity contribution < 1.29 is 9.60 Å². The Balaban J connectivity index is 1.95. The fourth-order valence-corrected chi connectivity index (χ4v) is 4.18. The number of rotatable bonds is 4. The molecule has 1 saturated heterocycles. The zero-order valence-electron chi connectivity index (χ0n) is 13.9. The first-order valence-corrected chi connectivity index (χ1v) is 9.02. The van der Waals surface area contributed by atoms with E-state index in [1.165, 1.54) is 23.5 Å². The SMILES string of the molecule is Cc1nc(N(O)N2CCCC(C)C2CN)c(-c2ccc(F)cc2)s1. The molecule has 1 fully saturated rings. The second kappa shape index (κ2) is 7.14. The molecule has 3 N–H and O–H groups in total. The van der Waals surface area contributed by atoms with Gasteiger partial charge in [-0.2, -0.15) is 10.2 Å². The molecule has 0 saturated carbocycles. The first kappa shape index (κ1) is 17.3. The lowest BCUT2D eigenvalue weighted by molar-refractivity contribution is -0.00824. The van der Waals surface area contributed by atoms with Crippen LogP contribution >= 0.6 is 11.3 Å². The van der Waals surface area contributed by atoms with E-state index < -0.39 is 0 Å². The van der Waals surface area contributed by atoms with Crippen molar-refractivity contribution in [1.29, 1.82) is 0 Å². The summed E-state index contributed by atoms with van der Waals surface area (Å²) in [6, 6.07) is 6.33. The molecule has 0 bridgehead atoms. The molecule has 1 aromatic heterocycles. The molecule has 3 rings (SSSR count). The van der Waals surface area contributed by atoms with E-state index >= 15 is 0 Å². The summed E-state index contributed by atoms with van der Waals surface area (Å²) in [5.74, 6) is 0.611. The van der Waals surface area contributed by atoms with Gasteiger partial charge in [0.1, 0.15) is 5.82 Å². The average Bonchev–Trinajstić information content (AvgIpc) is 2.96. The molecule has 1 aromatic carbocycles. The van der Waals surface area contributed by atoms with Crippen molar-refractivity contribution in [3.8, 4) is 10.4 Å². The summed E-state index contributed by atoms with van der Waals surface area (Å²) in [6.07, 6.45) is 2.11. The van der Waals surface area contributed by atoms with Gasteiger partial charge in [-0.3, -0.25) is 5.21 Å². The highest BCUT2D eigenvalue weighted by Gasteiger charge is 2.33. The number of hydrogen-bond acceptors (Lipinski definition) is 6. The molecule has 2 aromatic rings. The lowest BCUT2D eigenvalue weighted by Gasteiger charge is -2.42. The highest BCUT2D eigenvalue weighted by Crippen LogP contribution is 2.37. The average molecular weight is 350 g/mol. The molecule has 130 valence electrons. The minimum absolute atomic E-state index is 0.0758. The number of piperidine rings is 1. The van der Waals surface area contributed by atoms with Crippen LogP contribution in [0.4, 0.5) is 10.2 Å². The van der Waals surface area contributed by atoms with E-state index in [2.05, 4.69) is 11.9 Å². The molecule has 24 heavy (non-hydrogen) atoms. The molecular formula is C17H23FN4OS. The Bertz CT molecular complexity index is 690. The van der Waals surface area contributed by atoms with E-state index in [4.69, 9.17) is 5.73 Å². The van der Waals surface area contributed by atoms with Gasteiger partial charge in [-0.05, 0) is 43.4 Å². The smallest absolute Gasteiger partial charge is 0.190 e. The maximum Gasteiger partial charge on any atom is 0.190 e. The number of nitrogens with zero attached hydrogens (tertiary/aromatic N) is 3. The van der Waals surface area contributed by atoms with Gasteiger partial charge in [0.15, 0.2) is 5.82 Å². The number of benzene rings is 1. The number of hydrazine groups is 1. The number of halogens is 1. The van der Waals surface area contributed by atoms with E-state index in [9.17, 15) is 9.60 Å². The fourth-order valence-electron chi connectivity index (χ4n) is 3.28. The van der Waals surface area contributed by atoms with E-state index in [1.54, 1.807) is 12.1 Å². The monoisotopic (exact) mass is 350 g/mol. The van der Waals surface area contributed by atoms with Crippen LogP contribution in [0.5, 0.6) is 0 Å². The molecule has 2 unspecified atom stereocenters. The van der Waals surface area contributed by atoms with Gasteiger partial charge in [0.25, 0.3) is 0 Å². The van der Waals surface area contributed by atoms with Crippen LogP contribution in [0.25, 0.3) is 10.4 Å². The standard InChI is InChI=1S/C17H23FN4OS/c1-11-4-3-9-21(15(11)10-19)22(23)17-16(24-12(2)20-17)13-5-7-14(18)8-6-13/h5-8,11,15,23H,3-4,9-10,19H2,1-2H3. The molecule has 7 heteroatoms. The summed E-state index contributed by atoms with van der Waals surface area (Å²) in [5, 5.41) is 14.7. The largest absolute Gasteiger partial charge is 0.329 e. The van der Waals surface area contributed by atoms with E-state index in [-0.39, 0.29) is 11.9 Å². The van der Waals surface area contributed by atoms with Gasteiger partial charge in [-0.15, -0.1) is 11.3 Å². The van der Waals surface area contributed by atoms with Crippen LogP contribution in [0, 0.1) is 18.7 Å². The van der Waals surface area contributed by atoms with Gasteiger partial charge in [-0.25, -0.2) is 9.37 Å². The lowest BCUT2D eigenvalue weighted by atomic mass is 9.92. The molecule has 0 radical (unpaired) electrons. The normalized spacial score (nSPS) is 21.9. The molecule has 5 nitrogen and oxygen atoms in total. The van der Waals surface area contributed by atoms with Crippen LogP contribution in [0.2, 0.25) is 0 Å². The van der Waals surface area contributed by atoms with Crippen molar-refractivity contribution in [3.05, 3.63) is 35.1 Å². The quantitative estimate of drug-likeness (QED) is 0.827. The van der Waals surface area contributed by atoms with Crippen LogP contribution in [-0.4, -0.2) is 34.3 Å². The lowest BCUT2D eigenvalue weighted by Crippen LogP contribution is -2.56. The third kappa shape index (κ3) is 3.30. The van der Waals surface area contributed by atoms with Gasteiger partial charge in [-0.1, -0.05) is 19.1 Å². The molecule has 2 atom stereocenters. The Kier molecular flexibility index (Phi) is 5.15. The van der Waals surface area contributed by atoms with Gasteiger partial charge in [0, 0.05) is 19.1 Å². The maximum absolute atomic E-state index is 13.2. The Morgan fingerprint density at radius 3 is 2.79 bits per heavy atom. The summed E-state index contributed by atoms with van der Waals surface area (Å²) in [6.45, 7) is 5.27. The second-order valence-electron chi connectivity index (χ2n) is 6.27. The molecular weight excluding hydrogens is 327 g/mol. The van der Waals surface area contributed by atoms with Crippen molar-refractivity contribution in [2.45, 2.75) is 32.7 Å². The van der Waals surface area contributed by atoms with Crippen LogP contribution in [0.15, 0.2) is 24.3 Å². The number of aromatic nitrogens is 1. The van der Waals surface area contributed by atoms with Crippen molar-refractivity contribution in [3.63, 3.8) is 0 Å². The second-order valence-corrected chi connectivity index (χ2v) is 7.47. The summed E-state index contributed by atoms with van der Waals surface area (Å²) in [5.41, 5.74) is 6.77. The first-order chi connectivity index (χ1) is 11.5. The molecule has 0 amide bonds. The molecule has 1 aliphatic rings. The summed E-state index contributed by atoms with van der Waals surface area (Å²) >= 11 is 1.48.